The monoisotopic (exact) mass is 515 g/mol. The van der Waals surface area contributed by atoms with Gasteiger partial charge in [-0.05, 0) is 49.2 Å². The normalized spacial score (nSPS) is 10.3. The standard InChI is InChI=1S/C25H22N3O3.C2H4O.Co/c1-25(2,3)31-24(29)28(23-11-7-6-10-22(23)27-30)17-18-12-14-19(15-13-18)21-9-5-4-8-20(21)16-26;1-3-2;/h4-10,12-15H,17H2,1-3H3;1H,2H3;/q-1;;. The van der Waals surface area contributed by atoms with Gasteiger partial charge in [-0.25, -0.2) is 4.79 Å². The van der Waals surface area contributed by atoms with Gasteiger partial charge in [0.2, 0.25) is 0 Å². The first-order valence-corrected chi connectivity index (χ1v) is 11.2. The molecule has 7 nitrogen and oxygen atoms in total. The fourth-order valence-electron chi connectivity index (χ4n) is 3.07. The molecule has 0 atom stereocenters. The molecule has 0 saturated carbocycles. The number of nitroso groups, excluding NO2 is 1. The molecule has 183 valence electrons. The van der Waals surface area contributed by atoms with Crippen LogP contribution in [0, 0.1) is 22.3 Å². The molecule has 8 heteroatoms. The first kappa shape index (κ1) is 27.6. The average Bonchev–Trinajstić information content (AvgIpc) is 2.86. The molecule has 0 fully saturated rings. The van der Waals surface area contributed by atoms with Crippen LogP contribution in [-0.4, -0.2) is 23.9 Å². The summed E-state index contributed by atoms with van der Waals surface area (Å²) < 4.78 is 9.81. The van der Waals surface area contributed by atoms with Gasteiger partial charge in [-0.15, -0.1) is 6.07 Å². The summed E-state index contributed by atoms with van der Waals surface area (Å²) in [6, 6.07) is 24.8. The summed E-state index contributed by atoms with van der Waals surface area (Å²) >= 11 is 3.61. The van der Waals surface area contributed by atoms with Crippen LogP contribution in [0.25, 0.3) is 11.1 Å². The fraction of sp³-hybridized carbons (Fsp3) is 0.222. The van der Waals surface area contributed by atoms with Gasteiger partial charge >= 0.3 is 38.4 Å². The molecule has 0 aromatic heterocycles. The molecule has 35 heavy (non-hydrogen) atoms. The molecule has 0 spiro atoms. The fourth-order valence-corrected chi connectivity index (χ4v) is 3.07. The molecular formula is C27H26CoN3O4-. The van der Waals surface area contributed by atoms with E-state index in [1.54, 1.807) is 46.1 Å². The topological polar surface area (TPSA) is 92.0 Å². The Kier molecular flexibility index (Phi) is 10.5. The van der Waals surface area contributed by atoms with Gasteiger partial charge in [0.25, 0.3) is 0 Å². The van der Waals surface area contributed by atoms with Crippen LogP contribution >= 0.6 is 0 Å². The van der Waals surface area contributed by atoms with E-state index in [0.29, 0.717) is 5.56 Å². The predicted molar refractivity (Wildman–Crippen MR) is 133 cm³/mol. The van der Waals surface area contributed by atoms with Gasteiger partial charge < -0.3 is 4.74 Å². The number of carbonyl (C=O) groups excluding carboxylic acids is 1. The summed E-state index contributed by atoms with van der Waals surface area (Å²) in [4.78, 5) is 25.5. The number of nitriles is 1. The number of benzene rings is 3. The van der Waals surface area contributed by atoms with Crippen molar-refractivity contribution in [2.24, 2.45) is 5.18 Å². The number of rotatable bonds is 6. The van der Waals surface area contributed by atoms with Crippen molar-refractivity contribution in [3.05, 3.63) is 88.8 Å². The molecule has 0 unspecified atom stereocenters. The van der Waals surface area contributed by atoms with Gasteiger partial charge in [-0.3, -0.25) is 4.90 Å². The Morgan fingerprint density at radius 3 is 2.37 bits per heavy atom. The molecule has 3 rings (SSSR count). The van der Waals surface area contributed by atoms with Crippen molar-refractivity contribution in [2.75, 3.05) is 12.0 Å². The van der Waals surface area contributed by atoms with Gasteiger partial charge in [0, 0.05) is 5.69 Å². The number of para-hydroxylation sites is 1. The zero-order chi connectivity index (χ0) is 25.8. The molecule has 0 aliphatic carbocycles. The van der Waals surface area contributed by atoms with Crippen LogP contribution in [0.5, 0.6) is 0 Å². The van der Waals surface area contributed by atoms with Crippen molar-refractivity contribution in [3.8, 4) is 17.2 Å². The van der Waals surface area contributed by atoms with Crippen molar-refractivity contribution in [3.63, 3.8) is 0 Å². The molecular weight excluding hydrogens is 489 g/mol. The Labute approximate surface area is 213 Å². The molecule has 3 aromatic rings. The number of amides is 1. The van der Waals surface area contributed by atoms with Crippen molar-refractivity contribution in [1.82, 2.24) is 0 Å². The number of hydrogen-bond acceptors (Lipinski definition) is 6. The van der Waals surface area contributed by atoms with Gasteiger partial charge in [0.05, 0.1) is 18.2 Å². The summed E-state index contributed by atoms with van der Waals surface area (Å²) in [5.74, 6) is 0. The maximum absolute atomic E-state index is 12.9. The van der Waals surface area contributed by atoms with E-state index < -0.39 is 11.7 Å². The molecule has 1 amide bonds. The third kappa shape index (κ3) is 8.26. The molecule has 0 radical (unpaired) electrons. The molecule has 0 aliphatic rings. The Morgan fingerprint density at radius 1 is 1.14 bits per heavy atom. The Hall–Kier alpha value is -3.64. The third-order valence-corrected chi connectivity index (χ3v) is 4.77. The summed E-state index contributed by atoms with van der Waals surface area (Å²) in [5.41, 5.74) is 2.79. The Morgan fingerprint density at radius 2 is 1.80 bits per heavy atom. The zero-order valence-electron chi connectivity index (χ0n) is 19.9. The van der Waals surface area contributed by atoms with Crippen molar-refractivity contribution >= 4 is 22.6 Å². The first-order chi connectivity index (χ1) is 16.7. The van der Waals surface area contributed by atoms with Crippen LogP contribution in [-0.2, 0) is 31.3 Å². The number of methoxy groups -OCH3 is 1. The number of nitrogens with zero attached hydrogens (tertiary/aromatic N) is 3. The third-order valence-electron chi connectivity index (χ3n) is 4.53. The number of anilines is 1. The number of hydrogen-bond donors (Lipinski definition) is 0. The number of ether oxygens (including phenoxy) is 2. The molecule has 0 saturated heterocycles. The molecule has 0 bridgehead atoms. The second kappa shape index (κ2) is 13.3. The molecule has 3 aromatic carbocycles. The van der Waals surface area contributed by atoms with E-state index in [1.165, 1.54) is 16.1 Å². The van der Waals surface area contributed by atoms with Crippen LogP contribution in [0.1, 0.15) is 31.9 Å². The SMILES string of the molecule is CC(C)(C)OC(=O)N(Cc1ccc(-c2ccccc2C#N)cc1)c1[c-]cccc1N=O.CO[CH]=[Co]. The Balaban J connectivity index is 0.00000100. The van der Waals surface area contributed by atoms with E-state index in [2.05, 4.69) is 37.4 Å². The summed E-state index contributed by atoms with van der Waals surface area (Å²) in [7, 11) is 1.55. The second-order valence-electron chi connectivity index (χ2n) is 8.23. The first-order valence-electron chi connectivity index (χ1n) is 10.6. The van der Waals surface area contributed by atoms with E-state index in [1.807, 2.05) is 42.5 Å². The van der Waals surface area contributed by atoms with Crippen molar-refractivity contribution in [1.29, 1.82) is 5.26 Å². The van der Waals surface area contributed by atoms with Crippen molar-refractivity contribution < 1.29 is 29.6 Å². The predicted octanol–water partition coefficient (Wildman–Crippen LogP) is 6.30. The quantitative estimate of drug-likeness (QED) is 0.284. The Bertz CT molecular complexity index is 1200. The minimum absolute atomic E-state index is 0.105. The maximum atomic E-state index is 12.9. The molecule has 0 aliphatic heterocycles. The van der Waals surface area contributed by atoms with Gasteiger partial charge in [-0.1, -0.05) is 47.6 Å². The summed E-state index contributed by atoms with van der Waals surface area (Å²) in [5, 5.41) is 13.7. The van der Waals surface area contributed by atoms with Crippen LogP contribution in [0.3, 0.4) is 0 Å². The summed E-state index contributed by atoms with van der Waals surface area (Å²) in [6.07, 6.45) is -0.598. The van der Waals surface area contributed by atoms with E-state index in [4.69, 9.17) is 4.74 Å². The number of carbonyl (C=O) groups is 1. The van der Waals surface area contributed by atoms with Crippen LogP contribution in [0.15, 0.2) is 71.9 Å². The summed E-state index contributed by atoms with van der Waals surface area (Å²) in [6.45, 7) is 5.49. The second-order valence-corrected chi connectivity index (χ2v) is 8.48. The van der Waals surface area contributed by atoms with E-state index in [0.717, 1.165) is 16.7 Å². The minimum atomic E-state index is -0.705. The zero-order valence-corrected chi connectivity index (χ0v) is 21.0. The van der Waals surface area contributed by atoms with E-state index in [9.17, 15) is 15.0 Å². The van der Waals surface area contributed by atoms with Crippen molar-refractivity contribution in [2.45, 2.75) is 32.9 Å². The van der Waals surface area contributed by atoms with Crippen LogP contribution in [0.4, 0.5) is 16.2 Å². The average molecular weight is 515 g/mol. The van der Waals surface area contributed by atoms with Gasteiger partial charge in [0.15, 0.2) is 0 Å². The molecule has 0 N–H and O–H groups in total. The van der Waals surface area contributed by atoms with Crippen LogP contribution < -0.4 is 4.90 Å². The molecule has 0 heterocycles. The van der Waals surface area contributed by atoms with E-state index >= 15 is 0 Å². The van der Waals surface area contributed by atoms with Crippen LogP contribution in [0.2, 0.25) is 0 Å². The van der Waals surface area contributed by atoms with E-state index in [-0.39, 0.29) is 17.9 Å². The van der Waals surface area contributed by atoms with Gasteiger partial charge in [-0.2, -0.15) is 28.4 Å². The van der Waals surface area contributed by atoms with Gasteiger partial charge in [0.1, 0.15) is 5.60 Å².